The largest absolute Gasteiger partial charge is 0.256 e. The molecule has 0 unspecified atom stereocenters. The molecule has 0 aliphatic heterocycles. The van der Waals surface area contributed by atoms with Crippen LogP contribution >= 0.6 is 0 Å². The number of hydrogen-bond donors (Lipinski definition) is 0. The third kappa shape index (κ3) is 9.24. The zero-order valence-corrected chi connectivity index (χ0v) is 27.0. The Morgan fingerprint density at radius 3 is 2.22 bits per heavy atom. The minimum Gasteiger partial charge on any atom is -0.256 e. The van der Waals surface area contributed by atoms with Gasteiger partial charge < -0.3 is 0 Å². The van der Waals surface area contributed by atoms with Gasteiger partial charge in [0.1, 0.15) is 0 Å². The van der Waals surface area contributed by atoms with Crippen molar-refractivity contribution in [3.8, 4) is 11.3 Å². The van der Waals surface area contributed by atoms with Crippen molar-refractivity contribution >= 4 is 5.57 Å². The summed E-state index contributed by atoms with van der Waals surface area (Å²) in [7, 11) is 0. The van der Waals surface area contributed by atoms with Crippen molar-refractivity contribution in [3.05, 3.63) is 204 Å². The van der Waals surface area contributed by atoms with Crippen molar-refractivity contribution in [2.75, 3.05) is 0 Å². The first-order valence-electron chi connectivity index (χ1n) is 15.9. The summed E-state index contributed by atoms with van der Waals surface area (Å²) >= 11 is 0. The summed E-state index contributed by atoms with van der Waals surface area (Å²) in [6, 6.07) is 25.5. The summed E-state index contributed by atoms with van der Waals surface area (Å²) in [5.41, 5.74) is 13.0. The van der Waals surface area contributed by atoms with Gasteiger partial charge in [-0.2, -0.15) is 0 Å². The molecule has 0 atom stereocenters. The molecule has 0 fully saturated rings. The van der Waals surface area contributed by atoms with Gasteiger partial charge in [0.05, 0.1) is 5.69 Å². The van der Waals surface area contributed by atoms with E-state index < -0.39 is 0 Å². The molecular formula is C44H45N. The van der Waals surface area contributed by atoms with E-state index in [1.807, 2.05) is 36.5 Å². The van der Waals surface area contributed by atoms with E-state index in [-0.39, 0.29) is 0 Å². The normalized spacial score (nSPS) is 16.8. The van der Waals surface area contributed by atoms with Gasteiger partial charge >= 0.3 is 0 Å². The average Bonchev–Trinajstić information content (AvgIpc) is 3.08. The highest BCUT2D eigenvalue weighted by atomic mass is 14.7. The molecule has 45 heavy (non-hydrogen) atoms. The van der Waals surface area contributed by atoms with Crippen molar-refractivity contribution in [1.29, 1.82) is 0 Å². The summed E-state index contributed by atoms with van der Waals surface area (Å²) in [5.74, 6) is 0. The fraction of sp³-hybridized carbons (Fsp3) is 0.159. The smallest absolute Gasteiger partial charge is 0.0701 e. The van der Waals surface area contributed by atoms with Crippen LogP contribution < -0.4 is 0 Å². The minimum atomic E-state index is 0.794. The maximum Gasteiger partial charge on any atom is 0.0701 e. The van der Waals surface area contributed by atoms with E-state index in [0.717, 1.165) is 48.1 Å². The number of pyridine rings is 1. The summed E-state index contributed by atoms with van der Waals surface area (Å²) in [4.78, 5) is 4.51. The molecule has 0 saturated heterocycles. The highest BCUT2D eigenvalue weighted by Gasteiger charge is 2.17. The van der Waals surface area contributed by atoms with Crippen LogP contribution in [0.2, 0.25) is 0 Å². The van der Waals surface area contributed by atoms with Gasteiger partial charge in [-0.15, -0.1) is 0 Å². The molecular weight excluding hydrogens is 542 g/mol. The zero-order chi connectivity index (χ0) is 31.9. The van der Waals surface area contributed by atoms with Gasteiger partial charge in [0.2, 0.25) is 0 Å². The molecule has 0 spiro atoms. The van der Waals surface area contributed by atoms with Crippen molar-refractivity contribution in [1.82, 2.24) is 4.98 Å². The molecule has 1 heteroatoms. The van der Waals surface area contributed by atoms with Crippen molar-refractivity contribution in [2.45, 2.75) is 46.5 Å². The fourth-order valence-electron chi connectivity index (χ4n) is 5.54. The minimum absolute atomic E-state index is 0.794. The first-order valence-corrected chi connectivity index (χ1v) is 15.9. The number of hydrogen-bond acceptors (Lipinski definition) is 1. The predicted molar refractivity (Wildman–Crippen MR) is 197 cm³/mol. The van der Waals surface area contributed by atoms with Crippen LogP contribution in [-0.2, 0) is 6.42 Å². The molecule has 4 rings (SSSR count). The molecule has 0 radical (unpaired) electrons. The van der Waals surface area contributed by atoms with Gasteiger partial charge in [-0.1, -0.05) is 159 Å². The van der Waals surface area contributed by atoms with Gasteiger partial charge in [0.25, 0.3) is 0 Å². The van der Waals surface area contributed by atoms with Crippen molar-refractivity contribution in [3.63, 3.8) is 0 Å². The quantitative estimate of drug-likeness (QED) is 0.203. The molecule has 226 valence electrons. The van der Waals surface area contributed by atoms with Crippen molar-refractivity contribution in [2.24, 2.45) is 0 Å². The second-order valence-corrected chi connectivity index (χ2v) is 11.1. The third-order valence-corrected chi connectivity index (χ3v) is 7.81. The molecule has 2 aromatic carbocycles. The van der Waals surface area contributed by atoms with Crippen LogP contribution in [0.1, 0.15) is 51.2 Å². The van der Waals surface area contributed by atoms with Gasteiger partial charge in [-0.3, -0.25) is 4.98 Å². The van der Waals surface area contributed by atoms with E-state index >= 15 is 0 Å². The van der Waals surface area contributed by atoms with Crippen LogP contribution in [0.15, 0.2) is 192 Å². The Balaban J connectivity index is 1.83. The van der Waals surface area contributed by atoms with E-state index in [1.165, 1.54) is 39.0 Å². The highest BCUT2D eigenvalue weighted by Crippen LogP contribution is 2.35. The number of benzene rings is 2. The highest BCUT2D eigenvalue weighted by molar-refractivity contribution is 5.76. The first kappa shape index (κ1) is 32.9. The molecule has 1 nitrogen and oxygen atoms in total. The Hall–Kier alpha value is -5.01. The number of allylic oxidation sites excluding steroid dienone is 18. The van der Waals surface area contributed by atoms with Crippen LogP contribution in [0.5, 0.6) is 0 Å². The monoisotopic (exact) mass is 587 g/mol. The maximum absolute atomic E-state index is 4.51. The topological polar surface area (TPSA) is 12.9 Å². The average molecular weight is 588 g/mol. The fourth-order valence-corrected chi connectivity index (χ4v) is 5.54. The van der Waals surface area contributed by atoms with E-state index in [1.54, 1.807) is 0 Å². The number of nitrogens with zero attached hydrogens (tertiary/aromatic N) is 1. The van der Waals surface area contributed by atoms with Crippen LogP contribution in [0.25, 0.3) is 16.8 Å². The lowest BCUT2D eigenvalue weighted by molar-refractivity contribution is 0.983. The molecule has 0 N–H and O–H groups in total. The van der Waals surface area contributed by atoms with E-state index in [0.29, 0.717) is 0 Å². The standard InChI is InChI=1S/C44H45N/c1-6-9-26-41(34(4)5)44(42(19-7-2)36(8-3)33-35-20-12-10-13-21-35)40-23-15-11-14-22-37(24-18-25-40)38-28-30-39(31-29-38)43-27-16-17-32-45-43/h6-7,9-10,12-17,19-32H,1,4,8,11,18,33H2,2-3,5H3/b19-7-,22-14-,23-15?,26-9-,37-24+,40-25?,42-36-,44-41-. The molecule has 1 aromatic heterocycles. The molecule has 0 amide bonds. The Morgan fingerprint density at radius 2 is 1.56 bits per heavy atom. The Bertz CT molecular complexity index is 1700. The van der Waals surface area contributed by atoms with Gasteiger partial charge in [-0.25, -0.2) is 0 Å². The van der Waals surface area contributed by atoms with Crippen molar-refractivity contribution < 1.29 is 0 Å². The molecule has 1 aliphatic rings. The summed E-state index contributed by atoms with van der Waals surface area (Å²) in [6.45, 7) is 14.8. The summed E-state index contributed by atoms with van der Waals surface area (Å²) in [5, 5.41) is 0. The lowest BCUT2D eigenvalue weighted by atomic mass is 9.83. The number of rotatable bonds is 11. The van der Waals surface area contributed by atoms with Gasteiger partial charge in [0.15, 0.2) is 0 Å². The van der Waals surface area contributed by atoms with Gasteiger partial charge in [0, 0.05) is 11.8 Å². The Labute approximate surface area is 271 Å². The van der Waals surface area contributed by atoms with E-state index in [2.05, 4.69) is 148 Å². The molecule has 0 bridgehead atoms. The van der Waals surface area contributed by atoms with Crippen LogP contribution in [0, 0.1) is 0 Å². The van der Waals surface area contributed by atoms with E-state index in [9.17, 15) is 0 Å². The predicted octanol–water partition coefficient (Wildman–Crippen LogP) is 12.1. The Morgan fingerprint density at radius 1 is 0.822 bits per heavy atom. The van der Waals surface area contributed by atoms with Crippen LogP contribution in [0.4, 0.5) is 0 Å². The molecule has 1 heterocycles. The number of aromatic nitrogens is 1. The lowest BCUT2D eigenvalue weighted by Gasteiger charge is -2.21. The summed E-state index contributed by atoms with van der Waals surface area (Å²) < 4.78 is 0. The lowest BCUT2D eigenvalue weighted by Crippen LogP contribution is -2.03. The SMILES string of the molecule is C=C\C=C/C(C(=C)C)=C(C1=CC/C=C(c2ccc(-c3ccccn3)cc2)\C=C/CC=C1)/C(/C=C\C)=C(/CC)Cc1ccccc1. The van der Waals surface area contributed by atoms with Crippen LogP contribution in [0.3, 0.4) is 0 Å². The molecule has 3 aromatic rings. The molecule has 1 aliphatic carbocycles. The second-order valence-electron chi connectivity index (χ2n) is 11.1. The Kier molecular flexibility index (Phi) is 12.7. The first-order chi connectivity index (χ1) is 22.0. The maximum atomic E-state index is 4.51. The molecule has 0 saturated carbocycles. The zero-order valence-electron chi connectivity index (χ0n) is 27.0. The summed E-state index contributed by atoms with van der Waals surface area (Å²) in [6.07, 6.45) is 29.5. The second kappa shape index (κ2) is 17.3. The van der Waals surface area contributed by atoms with Crippen LogP contribution in [-0.4, -0.2) is 4.98 Å². The van der Waals surface area contributed by atoms with E-state index in [4.69, 9.17) is 0 Å². The van der Waals surface area contributed by atoms with Gasteiger partial charge in [-0.05, 0) is 90.7 Å². The third-order valence-electron chi connectivity index (χ3n) is 7.81.